The number of hydrogen-bond acceptors (Lipinski definition) is 4. The van der Waals surface area contributed by atoms with Gasteiger partial charge in [0, 0.05) is 18.6 Å². The van der Waals surface area contributed by atoms with Crippen LogP contribution in [0.5, 0.6) is 5.75 Å². The lowest BCUT2D eigenvalue weighted by Gasteiger charge is -2.08. The maximum Gasteiger partial charge on any atom is 0.202 e. The molecule has 0 saturated carbocycles. The van der Waals surface area contributed by atoms with Crippen LogP contribution in [0.25, 0.3) is 0 Å². The summed E-state index contributed by atoms with van der Waals surface area (Å²) in [5.41, 5.74) is 1.04. The highest BCUT2D eigenvalue weighted by Gasteiger charge is 2.11. The minimum Gasteiger partial charge on any atom is -0.497 e. The lowest BCUT2D eigenvalue weighted by Crippen LogP contribution is -2.10. The zero-order chi connectivity index (χ0) is 12.7. The Labute approximate surface area is 106 Å². The van der Waals surface area contributed by atoms with Gasteiger partial charge in [0.15, 0.2) is 5.12 Å². The maximum atomic E-state index is 10.8. The summed E-state index contributed by atoms with van der Waals surface area (Å²) < 4.78 is 5.05. The van der Waals surface area contributed by atoms with Crippen molar-refractivity contribution in [2.24, 2.45) is 5.92 Å². The van der Waals surface area contributed by atoms with Gasteiger partial charge in [0.1, 0.15) is 5.75 Å². The fourth-order valence-corrected chi connectivity index (χ4v) is 2.02. The van der Waals surface area contributed by atoms with Crippen LogP contribution in [0.1, 0.15) is 12.5 Å². The maximum absolute atomic E-state index is 10.8. The average molecular weight is 251 g/mol. The Morgan fingerprint density at radius 2 is 2.06 bits per heavy atom. The van der Waals surface area contributed by atoms with Gasteiger partial charge >= 0.3 is 0 Å². The Morgan fingerprint density at radius 3 is 2.53 bits per heavy atom. The molecule has 0 aromatic heterocycles. The van der Waals surface area contributed by atoms with Crippen molar-refractivity contribution in [3.63, 3.8) is 0 Å². The van der Waals surface area contributed by atoms with Gasteiger partial charge in [-0.1, -0.05) is 23.9 Å². The molecule has 0 saturated heterocycles. The largest absolute Gasteiger partial charge is 0.497 e. The third-order valence-electron chi connectivity index (χ3n) is 2.30. The van der Waals surface area contributed by atoms with E-state index in [1.165, 1.54) is 6.92 Å². The number of carbonyl (C=O) groups excluding carboxylic acids is 2. The molecule has 0 N–H and O–H groups in total. The third kappa shape index (κ3) is 5.04. The number of benzene rings is 1. The first-order valence-electron chi connectivity index (χ1n) is 5.29. The molecule has 1 rings (SSSR count). The number of hydrogen-bond donors (Lipinski definition) is 0. The molecule has 0 bridgehead atoms. The monoisotopic (exact) mass is 251 g/mol. The SMILES string of the molecule is COc1ccc(CC([C]=O)CSC(C)=O)cc1. The van der Waals surface area contributed by atoms with Crippen LogP contribution in [-0.4, -0.2) is 24.3 Å². The van der Waals surface area contributed by atoms with Gasteiger partial charge in [0.2, 0.25) is 6.29 Å². The van der Waals surface area contributed by atoms with Gasteiger partial charge in [-0.3, -0.25) is 9.59 Å². The van der Waals surface area contributed by atoms with E-state index in [0.29, 0.717) is 12.2 Å². The van der Waals surface area contributed by atoms with Gasteiger partial charge in [-0.25, -0.2) is 0 Å². The first kappa shape index (κ1) is 13.8. The number of methoxy groups -OCH3 is 1. The molecular weight excluding hydrogens is 236 g/mol. The average Bonchev–Trinajstić information content (AvgIpc) is 2.35. The molecule has 0 aliphatic heterocycles. The van der Waals surface area contributed by atoms with Crippen molar-refractivity contribution in [3.8, 4) is 5.75 Å². The number of ether oxygens (including phenoxy) is 1. The first-order valence-corrected chi connectivity index (χ1v) is 6.28. The highest BCUT2D eigenvalue weighted by atomic mass is 32.2. The van der Waals surface area contributed by atoms with Gasteiger partial charge in [-0.15, -0.1) is 0 Å². The van der Waals surface area contributed by atoms with Gasteiger partial charge in [0.05, 0.1) is 7.11 Å². The Morgan fingerprint density at radius 1 is 1.41 bits per heavy atom. The van der Waals surface area contributed by atoms with E-state index in [2.05, 4.69) is 0 Å². The van der Waals surface area contributed by atoms with Crippen LogP contribution >= 0.6 is 11.8 Å². The Hall–Kier alpha value is -1.29. The van der Waals surface area contributed by atoms with E-state index in [1.807, 2.05) is 30.6 Å². The highest BCUT2D eigenvalue weighted by Crippen LogP contribution is 2.16. The molecular formula is C13H15O3S. The van der Waals surface area contributed by atoms with Crippen LogP contribution in [-0.2, 0) is 16.0 Å². The standard InChI is InChI=1S/C13H15O3S/c1-10(15)17-9-12(8-14)7-11-3-5-13(16-2)6-4-11/h3-6,12H,7,9H2,1-2H3. The molecule has 0 amide bonds. The Kier molecular flexibility index (Phi) is 5.77. The number of thioether (sulfide) groups is 1. The predicted octanol–water partition coefficient (Wildman–Crippen LogP) is 2.24. The summed E-state index contributed by atoms with van der Waals surface area (Å²) in [7, 11) is 1.61. The molecule has 0 spiro atoms. The predicted molar refractivity (Wildman–Crippen MR) is 69.0 cm³/mol. The summed E-state index contributed by atoms with van der Waals surface area (Å²) in [5.74, 6) is 1.04. The van der Waals surface area contributed by atoms with Crippen molar-refractivity contribution in [2.75, 3.05) is 12.9 Å². The van der Waals surface area contributed by atoms with E-state index >= 15 is 0 Å². The van der Waals surface area contributed by atoms with E-state index < -0.39 is 0 Å². The topological polar surface area (TPSA) is 43.4 Å². The summed E-state index contributed by atoms with van der Waals surface area (Å²) in [6.07, 6.45) is 2.59. The quantitative estimate of drug-likeness (QED) is 0.777. The molecule has 1 unspecified atom stereocenters. The van der Waals surface area contributed by atoms with Crippen molar-refractivity contribution in [1.82, 2.24) is 0 Å². The van der Waals surface area contributed by atoms with Crippen LogP contribution in [0.15, 0.2) is 24.3 Å². The van der Waals surface area contributed by atoms with Crippen molar-refractivity contribution >= 4 is 23.2 Å². The molecule has 1 radical (unpaired) electrons. The second-order valence-corrected chi connectivity index (χ2v) is 4.87. The molecule has 0 aliphatic carbocycles. The molecule has 17 heavy (non-hydrogen) atoms. The summed E-state index contributed by atoms with van der Waals surface area (Å²) in [6, 6.07) is 7.55. The first-order chi connectivity index (χ1) is 8.15. The third-order valence-corrected chi connectivity index (χ3v) is 3.27. The van der Waals surface area contributed by atoms with Gasteiger partial charge < -0.3 is 4.74 Å². The number of rotatable bonds is 6. The fourth-order valence-electron chi connectivity index (χ4n) is 1.40. The lowest BCUT2D eigenvalue weighted by atomic mass is 10.0. The molecule has 0 heterocycles. The van der Waals surface area contributed by atoms with E-state index in [9.17, 15) is 9.59 Å². The van der Waals surface area contributed by atoms with E-state index in [4.69, 9.17) is 4.74 Å². The van der Waals surface area contributed by atoms with Crippen molar-refractivity contribution in [3.05, 3.63) is 29.8 Å². The van der Waals surface area contributed by atoms with E-state index in [1.54, 1.807) is 7.11 Å². The molecule has 0 aliphatic rings. The molecule has 1 atom stereocenters. The second kappa shape index (κ2) is 7.12. The molecule has 3 nitrogen and oxygen atoms in total. The van der Waals surface area contributed by atoms with Crippen LogP contribution in [0.4, 0.5) is 0 Å². The molecule has 4 heteroatoms. The normalized spacial score (nSPS) is 11.9. The zero-order valence-corrected chi connectivity index (χ0v) is 10.8. The molecule has 91 valence electrons. The Balaban J connectivity index is 2.54. The second-order valence-electron chi connectivity index (χ2n) is 3.67. The van der Waals surface area contributed by atoms with Gasteiger partial charge in [0.25, 0.3) is 0 Å². The molecule has 1 aromatic carbocycles. The Bertz CT molecular complexity index is 373. The number of carbonyl (C=O) groups is 1. The van der Waals surface area contributed by atoms with Crippen molar-refractivity contribution in [2.45, 2.75) is 13.3 Å². The minimum absolute atomic E-state index is 0.0278. The smallest absolute Gasteiger partial charge is 0.202 e. The van der Waals surface area contributed by atoms with E-state index in [-0.39, 0.29) is 11.0 Å². The molecule has 0 fully saturated rings. The van der Waals surface area contributed by atoms with Gasteiger partial charge in [-0.2, -0.15) is 0 Å². The van der Waals surface area contributed by atoms with Crippen molar-refractivity contribution < 1.29 is 14.3 Å². The summed E-state index contributed by atoms with van der Waals surface area (Å²) in [5, 5.41) is 0.0278. The highest BCUT2D eigenvalue weighted by molar-refractivity contribution is 8.13. The van der Waals surface area contributed by atoms with Crippen LogP contribution in [0.3, 0.4) is 0 Å². The lowest BCUT2D eigenvalue weighted by molar-refractivity contribution is -0.109. The molecule has 1 aromatic rings. The summed E-state index contributed by atoms with van der Waals surface area (Å²) in [4.78, 5) is 21.6. The summed E-state index contributed by atoms with van der Waals surface area (Å²) in [6.45, 7) is 1.50. The van der Waals surface area contributed by atoms with Crippen LogP contribution < -0.4 is 4.74 Å². The summed E-state index contributed by atoms with van der Waals surface area (Å²) >= 11 is 1.16. The van der Waals surface area contributed by atoms with Crippen molar-refractivity contribution in [1.29, 1.82) is 0 Å². The minimum atomic E-state index is -0.239. The fraction of sp³-hybridized carbons (Fsp3) is 0.385. The van der Waals surface area contributed by atoms with E-state index in [0.717, 1.165) is 23.1 Å². The van der Waals surface area contributed by atoms with Gasteiger partial charge in [-0.05, 0) is 24.1 Å². The van der Waals surface area contributed by atoms with Crippen LogP contribution in [0, 0.1) is 5.92 Å². The zero-order valence-electron chi connectivity index (χ0n) is 9.93. The van der Waals surface area contributed by atoms with Crippen LogP contribution in [0.2, 0.25) is 0 Å².